The van der Waals surface area contributed by atoms with Crippen molar-refractivity contribution in [3.8, 4) is 11.5 Å². The van der Waals surface area contributed by atoms with Crippen molar-refractivity contribution in [2.45, 2.75) is 6.92 Å². The van der Waals surface area contributed by atoms with E-state index in [0.717, 1.165) is 39.0 Å². The van der Waals surface area contributed by atoms with Crippen LogP contribution in [0.1, 0.15) is 5.69 Å². The molecule has 7 heteroatoms. The normalized spacial score (nSPS) is 11.1. The Morgan fingerprint density at radius 1 is 0.926 bits per heavy atom. The topological polar surface area (TPSA) is 65.3 Å². The van der Waals surface area contributed by atoms with Gasteiger partial charge in [0.05, 0.1) is 25.3 Å². The lowest BCUT2D eigenvalue weighted by Gasteiger charge is -2.20. The van der Waals surface area contributed by atoms with Crippen LogP contribution in [0, 0.1) is 6.92 Å². The maximum Gasteiger partial charge on any atom is 0.162 e. The van der Waals surface area contributed by atoms with E-state index in [2.05, 4.69) is 40.2 Å². The number of anilines is 2. The Kier molecular flexibility index (Phi) is 4.07. The molecule has 0 spiro atoms. The van der Waals surface area contributed by atoms with Gasteiger partial charge in [-0.15, -0.1) is 0 Å². The molecule has 2 aromatic heterocycles. The highest BCUT2D eigenvalue weighted by molar-refractivity contribution is 5.94. The van der Waals surface area contributed by atoms with E-state index in [1.165, 1.54) is 0 Å². The van der Waals surface area contributed by atoms with Gasteiger partial charge in [0, 0.05) is 42.3 Å². The molecule has 0 amide bonds. The maximum absolute atomic E-state index is 5.45. The molecule has 0 N–H and O–H groups in total. The summed E-state index contributed by atoms with van der Waals surface area (Å²) < 4.78 is 12.7. The summed E-state index contributed by atoms with van der Waals surface area (Å²) in [6.07, 6.45) is 1.56. The van der Waals surface area contributed by atoms with Crippen LogP contribution in [-0.4, -0.2) is 41.0 Å². The predicted octanol–water partition coefficient (Wildman–Crippen LogP) is 3.61. The molecular formula is C20H21N5O2. The van der Waals surface area contributed by atoms with Gasteiger partial charge in [0.25, 0.3) is 0 Å². The summed E-state index contributed by atoms with van der Waals surface area (Å²) >= 11 is 0. The molecule has 0 aliphatic carbocycles. The van der Waals surface area contributed by atoms with Crippen molar-refractivity contribution in [2.75, 3.05) is 26.2 Å². The minimum Gasteiger partial charge on any atom is -0.493 e. The maximum atomic E-state index is 5.45. The van der Waals surface area contributed by atoms with E-state index in [-0.39, 0.29) is 0 Å². The number of hydrogen-bond donors (Lipinski definition) is 0. The highest BCUT2D eigenvalue weighted by atomic mass is 16.5. The van der Waals surface area contributed by atoms with Crippen molar-refractivity contribution in [2.24, 2.45) is 7.05 Å². The van der Waals surface area contributed by atoms with Crippen LogP contribution >= 0.6 is 0 Å². The summed E-state index contributed by atoms with van der Waals surface area (Å²) in [5.74, 6) is 2.07. The molecule has 7 nitrogen and oxygen atoms in total. The monoisotopic (exact) mass is 363 g/mol. The van der Waals surface area contributed by atoms with Crippen LogP contribution in [0.2, 0.25) is 0 Å². The van der Waals surface area contributed by atoms with Gasteiger partial charge in [-0.05, 0) is 31.2 Å². The number of methoxy groups -OCH3 is 2. The number of fused-ring (bicyclic) bond motifs is 2. The Bertz CT molecular complexity index is 1150. The average molecular weight is 363 g/mol. The van der Waals surface area contributed by atoms with Gasteiger partial charge < -0.3 is 14.4 Å². The number of nitrogens with zero attached hydrogens (tertiary/aromatic N) is 5. The van der Waals surface area contributed by atoms with Crippen molar-refractivity contribution < 1.29 is 9.47 Å². The number of ether oxygens (including phenoxy) is 2. The fourth-order valence-electron chi connectivity index (χ4n) is 3.29. The molecule has 0 fully saturated rings. The lowest BCUT2D eigenvalue weighted by Crippen LogP contribution is -2.12. The first-order valence-electron chi connectivity index (χ1n) is 8.57. The second-order valence-corrected chi connectivity index (χ2v) is 6.39. The average Bonchev–Trinajstić information content (AvgIpc) is 2.98. The lowest BCUT2D eigenvalue weighted by molar-refractivity contribution is 0.356. The molecule has 4 rings (SSSR count). The zero-order valence-corrected chi connectivity index (χ0v) is 16.0. The summed E-state index contributed by atoms with van der Waals surface area (Å²) in [7, 11) is 7.17. The number of aryl methyl sites for hydroxylation is 2. The largest absolute Gasteiger partial charge is 0.493 e. The Hall–Kier alpha value is -3.35. The smallest absolute Gasteiger partial charge is 0.162 e. The molecule has 0 unspecified atom stereocenters. The first kappa shape index (κ1) is 17.1. The third kappa shape index (κ3) is 2.71. The van der Waals surface area contributed by atoms with Crippen molar-refractivity contribution in [3.05, 3.63) is 42.4 Å². The minimum atomic E-state index is 0.641. The molecule has 4 aromatic rings. The summed E-state index contributed by atoms with van der Waals surface area (Å²) in [5.41, 5.74) is 3.88. The third-order valence-corrected chi connectivity index (χ3v) is 4.94. The molecule has 27 heavy (non-hydrogen) atoms. The van der Waals surface area contributed by atoms with E-state index < -0.39 is 0 Å². The van der Waals surface area contributed by atoms with Gasteiger partial charge in [0.15, 0.2) is 11.5 Å². The van der Waals surface area contributed by atoms with E-state index in [1.54, 1.807) is 20.5 Å². The van der Waals surface area contributed by atoms with Gasteiger partial charge in [0.1, 0.15) is 12.1 Å². The Morgan fingerprint density at radius 2 is 1.67 bits per heavy atom. The van der Waals surface area contributed by atoms with Crippen molar-refractivity contribution in [1.82, 2.24) is 19.7 Å². The summed E-state index contributed by atoms with van der Waals surface area (Å²) in [6.45, 7) is 2.07. The first-order valence-corrected chi connectivity index (χ1v) is 8.57. The highest BCUT2D eigenvalue weighted by Gasteiger charge is 2.15. The number of aromatic nitrogens is 4. The van der Waals surface area contributed by atoms with E-state index in [0.29, 0.717) is 11.5 Å². The fourth-order valence-corrected chi connectivity index (χ4v) is 3.29. The van der Waals surface area contributed by atoms with Crippen molar-refractivity contribution in [1.29, 1.82) is 0 Å². The Balaban J connectivity index is 1.86. The lowest BCUT2D eigenvalue weighted by atomic mass is 10.1. The molecule has 0 saturated heterocycles. The zero-order chi connectivity index (χ0) is 19.1. The van der Waals surface area contributed by atoms with Gasteiger partial charge in [-0.1, -0.05) is 0 Å². The number of hydrogen-bond acceptors (Lipinski definition) is 6. The molecule has 2 aromatic carbocycles. The van der Waals surface area contributed by atoms with Crippen LogP contribution in [0.5, 0.6) is 11.5 Å². The Labute approximate surface area is 157 Å². The van der Waals surface area contributed by atoms with Gasteiger partial charge in [0.2, 0.25) is 0 Å². The summed E-state index contributed by atoms with van der Waals surface area (Å²) in [6, 6.07) is 10.0. The van der Waals surface area contributed by atoms with E-state index >= 15 is 0 Å². The number of rotatable bonds is 4. The molecule has 0 radical (unpaired) electrons. The minimum absolute atomic E-state index is 0.641. The van der Waals surface area contributed by atoms with E-state index in [1.807, 2.05) is 35.8 Å². The Morgan fingerprint density at radius 3 is 2.41 bits per heavy atom. The van der Waals surface area contributed by atoms with Crippen molar-refractivity contribution >= 4 is 33.3 Å². The second-order valence-electron chi connectivity index (χ2n) is 6.39. The van der Waals surface area contributed by atoms with Gasteiger partial charge in [-0.2, -0.15) is 5.10 Å². The molecular weight excluding hydrogens is 342 g/mol. The van der Waals surface area contributed by atoms with E-state index in [9.17, 15) is 0 Å². The zero-order valence-electron chi connectivity index (χ0n) is 16.0. The molecule has 0 saturated carbocycles. The highest BCUT2D eigenvalue weighted by Crippen LogP contribution is 2.36. The summed E-state index contributed by atoms with van der Waals surface area (Å²) in [5, 5.41) is 6.61. The SMILES string of the molecule is COc1cc2ncnc(N(C)c3ccc4c(C)n(C)nc4c3)c2cc1OC. The molecule has 0 bridgehead atoms. The third-order valence-electron chi connectivity index (χ3n) is 4.94. The van der Waals surface area contributed by atoms with Crippen LogP contribution in [0.4, 0.5) is 11.5 Å². The second kappa shape index (κ2) is 6.42. The molecule has 0 aliphatic heterocycles. The fraction of sp³-hybridized carbons (Fsp3) is 0.250. The van der Waals surface area contributed by atoms with Crippen LogP contribution < -0.4 is 14.4 Å². The first-order chi connectivity index (χ1) is 13.0. The predicted molar refractivity (Wildman–Crippen MR) is 106 cm³/mol. The van der Waals surface area contributed by atoms with Gasteiger partial charge in [-0.25, -0.2) is 9.97 Å². The summed E-state index contributed by atoms with van der Waals surface area (Å²) in [4.78, 5) is 10.9. The van der Waals surface area contributed by atoms with Gasteiger partial charge in [-0.3, -0.25) is 4.68 Å². The molecule has 0 atom stereocenters. The quantitative estimate of drug-likeness (QED) is 0.552. The number of benzene rings is 2. The molecule has 0 aliphatic rings. The van der Waals surface area contributed by atoms with Crippen LogP contribution in [0.15, 0.2) is 36.7 Å². The molecule has 138 valence electrons. The van der Waals surface area contributed by atoms with E-state index in [4.69, 9.17) is 9.47 Å². The van der Waals surface area contributed by atoms with Crippen molar-refractivity contribution in [3.63, 3.8) is 0 Å². The van der Waals surface area contributed by atoms with Crippen LogP contribution in [-0.2, 0) is 7.05 Å². The van der Waals surface area contributed by atoms with Crippen LogP contribution in [0.25, 0.3) is 21.8 Å². The molecule has 2 heterocycles. The van der Waals surface area contributed by atoms with Gasteiger partial charge >= 0.3 is 0 Å². The van der Waals surface area contributed by atoms with Crippen LogP contribution in [0.3, 0.4) is 0 Å². The standard InChI is InChI=1S/C20H21N5O2/c1-12-14-7-6-13(8-17(14)23-25(12)3)24(2)20-15-9-18(26-4)19(27-5)10-16(15)21-11-22-20/h6-11H,1-5H3.